The summed E-state index contributed by atoms with van der Waals surface area (Å²) in [5.74, 6) is 1.14. The van der Waals surface area contributed by atoms with Crippen molar-refractivity contribution in [3.8, 4) is 16.2 Å². The van der Waals surface area contributed by atoms with E-state index in [0.717, 1.165) is 27.4 Å². The molecule has 1 saturated carbocycles. The van der Waals surface area contributed by atoms with Gasteiger partial charge in [0.05, 0.1) is 32.6 Å². The van der Waals surface area contributed by atoms with Gasteiger partial charge in [0.15, 0.2) is 5.58 Å². The van der Waals surface area contributed by atoms with E-state index in [-0.39, 0.29) is 11.9 Å². The van der Waals surface area contributed by atoms with Crippen LogP contribution in [0.2, 0.25) is 5.02 Å². The van der Waals surface area contributed by atoms with Gasteiger partial charge in [-0.15, -0.1) is 11.3 Å². The van der Waals surface area contributed by atoms with Gasteiger partial charge in [-0.05, 0) is 55.9 Å². The molecule has 1 saturated heterocycles. The van der Waals surface area contributed by atoms with E-state index in [4.69, 9.17) is 20.8 Å². The monoisotopic (exact) mass is 521 g/mol. The van der Waals surface area contributed by atoms with Crippen molar-refractivity contribution in [3.63, 3.8) is 0 Å². The number of amides is 2. The molecule has 7 nitrogen and oxygen atoms in total. The number of nitrogens with zero attached hydrogens (tertiary/aromatic N) is 2. The van der Waals surface area contributed by atoms with Gasteiger partial charge < -0.3 is 19.4 Å². The molecular formula is C27H24ClN3O4S. The van der Waals surface area contributed by atoms with Gasteiger partial charge in [0.25, 0.3) is 5.91 Å². The zero-order valence-electron chi connectivity index (χ0n) is 19.8. The fourth-order valence-electron chi connectivity index (χ4n) is 5.17. The zero-order chi connectivity index (χ0) is 25.0. The van der Waals surface area contributed by atoms with E-state index in [0.29, 0.717) is 52.4 Å². The van der Waals surface area contributed by atoms with Crippen LogP contribution in [0.1, 0.15) is 27.5 Å². The van der Waals surface area contributed by atoms with E-state index in [1.165, 1.54) is 17.6 Å². The van der Waals surface area contributed by atoms with Gasteiger partial charge in [-0.25, -0.2) is 9.78 Å². The second-order valence-electron chi connectivity index (χ2n) is 9.44. The van der Waals surface area contributed by atoms with Gasteiger partial charge in [-0.3, -0.25) is 4.79 Å². The Bertz CT molecular complexity index is 1500. The van der Waals surface area contributed by atoms with Crippen LogP contribution >= 0.6 is 22.9 Å². The number of thiazole rings is 1. The molecule has 1 aliphatic heterocycles. The van der Waals surface area contributed by atoms with Gasteiger partial charge in [0, 0.05) is 13.1 Å². The number of furan rings is 1. The summed E-state index contributed by atoms with van der Waals surface area (Å²) in [4.78, 5) is 33.7. The third-order valence-electron chi connectivity index (χ3n) is 6.97. The molecule has 2 aliphatic rings. The molecule has 3 atom stereocenters. The average Bonchev–Trinajstić information content (AvgIpc) is 3.19. The smallest absolute Gasteiger partial charge is 0.412 e. The Morgan fingerprint density at radius 1 is 1.25 bits per heavy atom. The fraction of sp³-hybridized carbons (Fsp3) is 0.296. The van der Waals surface area contributed by atoms with E-state index in [1.807, 2.05) is 36.9 Å². The SMILES string of the molecule is Cc1cccc(-c2sc(C)nc2C(=O)N2C[C@@H]3C[C@@H]3[C@H]2CNC(=O)Oc2ccc(Cl)c3occc23)c1. The van der Waals surface area contributed by atoms with Crippen LogP contribution < -0.4 is 10.1 Å². The molecule has 3 heterocycles. The molecule has 2 fully saturated rings. The van der Waals surface area contributed by atoms with Crippen LogP contribution in [-0.2, 0) is 0 Å². The van der Waals surface area contributed by atoms with E-state index in [9.17, 15) is 9.59 Å². The van der Waals surface area contributed by atoms with E-state index in [2.05, 4.69) is 16.4 Å². The lowest BCUT2D eigenvalue weighted by Gasteiger charge is -2.27. The third-order valence-corrected chi connectivity index (χ3v) is 8.29. The summed E-state index contributed by atoms with van der Waals surface area (Å²) in [6.45, 7) is 4.96. The van der Waals surface area contributed by atoms with Crippen molar-refractivity contribution in [1.29, 1.82) is 0 Å². The number of rotatable bonds is 5. The maximum Gasteiger partial charge on any atom is 0.412 e. The number of fused-ring (bicyclic) bond motifs is 2. The van der Waals surface area contributed by atoms with Crippen LogP contribution in [0.5, 0.6) is 5.75 Å². The minimum atomic E-state index is -0.582. The molecular weight excluding hydrogens is 498 g/mol. The Labute approximate surface area is 217 Å². The second-order valence-corrected chi connectivity index (χ2v) is 11.1. The Morgan fingerprint density at radius 2 is 2.11 bits per heavy atom. The average molecular weight is 522 g/mol. The highest BCUT2D eigenvalue weighted by atomic mass is 35.5. The number of hydrogen-bond acceptors (Lipinski definition) is 6. The lowest BCUT2D eigenvalue weighted by Crippen LogP contribution is -2.46. The van der Waals surface area contributed by atoms with Crippen LogP contribution in [-0.4, -0.2) is 41.0 Å². The number of carbonyl (C=O) groups excluding carboxylic acids is 2. The number of aromatic nitrogens is 1. The molecule has 2 aromatic heterocycles. The van der Waals surface area contributed by atoms with Crippen LogP contribution in [0.25, 0.3) is 21.4 Å². The van der Waals surface area contributed by atoms with Crippen molar-refractivity contribution in [3.05, 3.63) is 70.0 Å². The van der Waals surface area contributed by atoms with E-state index in [1.54, 1.807) is 18.2 Å². The number of halogens is 1. The minimum Gasteiger partial charge on any atom is -0.463 e. The van der Waals surface area contributed by atoms with Crippen molar-refractivity contribution >= 4 is 45.9 Å². The number of aryl methyl sites for hydroxylation is 2. The molecule has 184 valence electrons. The molecule has 6 rings (SSSR count). The van der Waals surface area contributed by atoms with Crippen molar-refractivity contribution in [2.75, 3.05) is 13.1 Å². The van der Waals surface area contributed by atoms with Gasteiger partial charge in [0.1, 0.15) is 11.4 Å². The van der Waals surface area contributed by atoms with E-state index < -0.39 is 6.09 Å². The topological polar surface area (TPSA) is 84.7 Å². The number of likely N-dealkylation sites (tertiary alicyclic amines) is 1. The van der Waals surface area contributed by atoms with Crippen molar-refractivity contribution < 1.29 is 18.7 Å². The molecule has 0 spiro atoms. The first kappa shape index (κ1) is 23.1. The molecule has 1 aliphatic carbocycles. The predicted molar refractivity (Wildman–Crippen MR) is 139 cm³/mol. The largest absolute Gasteiger partial charge is 0.463 e. The summed E-state index contributed by atoms with van der Waals surface area (Å²) in [5, 5.41) is 4.79. The zero-order valence-corrected chi connectivity index (χ0v) is 21.4. The molecule has 4 aromatic rings. The minimum absolute atomic E-state index is 0.0824. The van der Waals surface area contributed by atoms with Crippen LogP contribution in [0.4, 0.5) is 4.79 Å². The summed E-state index contributed by atoms with van der Waals surface area (Å²) < 4.78 is 10.9. The first-order chi connectivity index (χ1) is 17.4. The summed E-state index contributed by atoms with van der Waals surface area (Å²) >= 11 is 7.67. The lowest BCUT2D eigenvalue weighted by atomic mass is 10.1. The number of nitrogens with one attached hydrogen (secondary N) is 1. The summed E-state index contributed by atoms with van der Waals surface area (Å²) in [7, 11) is 0. The molecule has 0 bridgehead atoms. The van der Waals surface area contributed by atoms with Crippen LogP contribution in [0.15, 0.2) is 53.1 Å². The van der Waals surface area contributed by atoms with Gasteiger partial charge in [0.2, 0.25) is 0 Å². The van der Waals surface area contributed by atoms with Crippen molar-refractivity contribution in [1.82, 2.24) is 15.2 Å². The number of carbonyl (C=O) groups is 2. The van der Waals surface area contributed by atoms with Gasteiger partial charge in [-0.2, -0.15) is 0 Å². The first-order valence-electron chi connectivity index (χ1n) is 11.9. The number of ether oxygens (including phenoxy) is 1. The molecule has 0 unspecified atom stereocenters. The molecule has 2 aromatic carbocycles. The van der Waals surface area contributed by atoms with Crippen LogP contribution in [0.3, 0.4) is 0 Å². The Kier molecular flexibility index (Phi) is 5.73. The quantitative estimate of drug-likeness (QED) is 0.344. The summed E-state index contributed by atoms with van der Waals surface area (Å²) in [6.07, 6.45) is 1.99. The molecule has 9 heteroatoms. The van der Waals surface area contributed by atoms with Crippen molar-refractivity contribution in [2.45, 2.75) is 26.3 Å². The predicted octanol–water partition coefficient (Wildman–Crippen LogP) is 6.08. The standard InChI is InChI=1S/C27H24ClN3O4S/c1-14-4-3-5-16(10-14)25-23(30-15(2)36-25)26(32)31-13-17-11-19(17)21(31)12-29-27(33)35-22-7-6-20(28)24-18(22)8-9-34-24/h3-10,17,19,21H,11-13H2,1-2H3,(H,29,33)/t17-,19-,21+/m0/s1. The van der Waals surface area contributed by atoms with E-state index >= 15 is 0 Å². The number of hydrogen-bond donors (Lipinski definition) is 1. The maximum atomic E-state index is 13.7. The lowest BCUT2D eigenvalue weighted by molar-refractivity contribution is 0.0700. The maximum absolute atomic E-state index is 13.7. The molecule has 2 amide bonds. The normalized spacial score (nSPS) is 20.4. The first-order valence-corrected chi connectivity index (χ1v) is 13.1. The summed E-state index contributed by atoms with van der Waals surface area (Å²) in [5.41, 5.74) is 3.09. The van der Waals surface area contributed by atoms with Crippen LogP contribution in [0, 0.1) is 25.7 Å². The third kappa shape index (κ3) is 4.14. The molecule has 1 N–H and O–H groups in total. The summed E-state index contributed by atoms with van der Waals surface area (Å²) in [6, 6.07) is 13.0. The Balaban J connectivity index is 1.18. The number of piperidine rings is 1. The van der Waals surface area contributed by atoms with Gasteiger partial charge in [-0.1, -0.05) is 41.4 Å². The highest BCUT2D eigenvalue weighted by Gasteiger charge is 2.54. The van der Waals surface area contributed by atoms with Crippen molar-refractivity contribution in [2.24, 2.45) is 11.8 Å². The highest BCUT2D eigenvalue weighted by Crippen LogP contribution is 2.50. The molecule has 0 radical (unpaired) electrons. The molecule has 36 heavy (non-hydrogen) atoms. The van der Waals surface area contributed by atoms with Gasteiger partial charge >= 0.3 is 6.09 Å². The fourth-order valence-corrected chi connectivity index (χ4v) is 6.29. The Morgan fingerprint density at radius 3 is 2.94 bits per heavy atom. The number of benzene rings is 2. The Hall–Kier alpha value is -3.36. The second kappa shape index (κ2) is 8.94. The highest BCUT2D eigenvalue weighted by molar-refractivity contribution is 7.15.